The maximum Gasteiger partial charge on any atom is 0.236 e. The summed E-state index contributed by atoms with van der Waals surface area (Å²) in [5, 5.41) is 2.82. The molecule has 0 bridgehead atoms. The molecule has 0 radical (unpaired) electrons. The Bertz CT molecular complexity index is 146. The number of hydroxylamine groups is 1. The minimum absolute atomic E-state index is 0.00958. The number of hydrogen-bond donors (Lipinski definition) is 2. The topological polar surface area (TPSA) is 50.4 Å². The summed E-state index contributed by atoms with van der Waals surface area (Å²) in [5.74, 6) is 0.747. The van der Waals surface area contributed by atoms with Crippen LogP contribution in [0, 0.1) is 5.92 Å². The maximum atomic E-state index is 11.0. The molecule has 1 saturated carbocycles. The summed E-state index contributed by atoms with van der Waals surface area (Å²) in [4.78, 5) is 15.8. The molecule has 0 heterocycles. The number of rotatable bonds is 6. The van der Waals surface area contributed by atoms with Gasteiger partial charge in [0.1, 0.15) is 0 Å². The van der Waals surface area contributed by atoms with Gasteiger partial charge in [-0.1, -0.05) is 0 Å². The van der Waals surface area contributed by atoms with Gasteiger partial charge < -0.3 is 10.2 Å². The first kappa shape index (κ1) is 9.48. The monoisotopic (exact) mass is 172 g/mol. The minimum Gasteiger partial charge on any atom is -0.355 e. The van der Waals surface area contributed by atoms with E-state index in [1.165, 1.54) is 12.8 Å². The summed E-state index contributed by atoms with van der Waals surface area (Å²) >= 11 is 0. The van der Waals surface area contributed by atoms with E-state index in [2.05, 4.69) is 10.8 Å². The molecule has 0 spiro atoms. The Labute approximate surface area is 72.6 Å². The standard InChI is InChI=1S/C8H16N2O2/c1-2-12-10-6-8(11)9-5-7-3-4-7/h7,10H,2-6H2,1H3,(H,9,11). The van der Waals surface area contributed by atoms with E-state index in [0.717, 1.165) is 12.5 Å². The second-order valence-electron chi connectivity index (χ2n) is 3.00. The predicted molar refractivity (Wildman–Crippen MR) is 45.4 cm³/mol. The van der Waals surface area contributed by atoms with Crippen LogP contribution in [0.15, 0.2) is 0 Å². The predicted octanol–water partition coefficient (Wildman–Crippen LogP) is 0.0537. The van der Waals surface area contributed by atoms with Crippen molar-refractivity contribution in [2.24, 2.45) is 5.92 Å². The van der Waals surface area contributed by atoms with Crippen LogP contribution in [0.3, 0.4) is 0 Å². The molecule has 12 heavy (non-hydrogen) atoms. The van der Waals surface area contributed by atoms with Crippen molar-refractivity contribution in [3.8, 4) is 0 Å². The molecule has 0 aromatic heterocycles. The number of amides is 1. The van der Waals surface area contributed by atoms with Gasteiger partial charge in [-0.05, 0) is 25.7 Å². The van der Waals surface area contributed by atoms with Crippen molar-refractivity contribution in [3.63, 3.8) is 0 Å². The lowest BCUT2D eigenvalue weighted by Gasteiger charge is -2.04. The highest BCUT2D eigenvalue weighted by Gasteiger charge is 2.21. The Hall–Kier alpha value is -0.610. The fraction of sp³-hybridized carbons (Fsp3) is 0.875. The first-order chi connectivity index (χ1) is 5.83. The summed E-state index contributed by atoms with van der Waals surface area (Å²) in [7, 11) is 0. The molecule has 0 aromatic carbocycles. The maximum absolute atomic E-state index is 11.0. The third-order valence-corrected chi connectivity index (χ3v) is 1.76. The molecular weight excluding hydrogens is 156 g/mol. The van der Waals surface area contributed by atoms with Gasteiger partial charge in [0, 0.05) is 6.54 Å². The van der Waals surface area contributed by atoms with Crippen molar-refractivity contribution < 1.29 is 9.63 Å². The summed E-state index contributed by atoms with van der Waals surface area (Å²) in [6.07, 6.45) is 2.53. The van der Waals surface area contributed by atoms with Gasteiger partial charge in [-0.25, -0.2) is 0 Å². The van der Waals surface area contributed by atoms with E-state index in [1.807, 2.05) is 6.92 Å². The highest BCUT2D eigenvalue weighted by Crippen LogP contribution is 2.27. The average Bonchev–Trinajstić information content (AvgIpc) is 2.84. The molecule has 4 heteroatoms. The van der Waals surface area contributed by atoms with Gasteiger partial charge in [0.05, 0.1) is 13.2 Å². The molecule has 1 amide bonds. The van der Waals surface area contributed by atoms with E-state index in [9.17, 15) is 4.79 Å². The summed E-state index contributed by atoms with van der Waals surface area (Å²) in [6.45, 7) is 3.53. The van der Waals surface area contributed by atoms with Crippen molar-refractivity contribution >= 4 is 5.91 Å². The van der Waals surface area contributed by atoms with Crippen LogP contribution in [0.4, 0.5) is 0 Å². The van der Waals surface area contributed by atoms with Crippen LogP contribution < -0.4 is 10.8 Å². The van der Waals surface area contributed by atoms with Crippen molar-refractivity contribution in [1.29, 1.82) is 0 Å². The largest absolute Gasteiger partial charge is 0.355 e. The van der Waals surface area contributed by atoms with Gasteiger partial charge in [0.15, 0.2) is 0 Å². The Morgan fingerprint density at radius 2 is 2.33 bits per heavy atom. The zero-order valence-electron chi connectivity index (χ0n) is 7.43. The van der Waals surface area contributed by atoms with Crippen molar-refractivity contribution in [3.05, 3.63) is 0 Å². The van der Waals surface area contributed by atoms with Gasteiger partial charge in [0.2, 0.25) is 5.91 Å². The lowest BCUT2D eigenvalue weighted by molar-refractivity contribution is -0.122. The Morgan fingerprint density at radius 3 is 2.92 bits per heavy atom. The van der Waals surface area contributed by atoms with Crippen molar-refractivity contribution in [2.45, 2.75) is 19.8 Å². The molecule has 0 saturated heterocycles. The molecule has 0 aromatic rings. The van der Waals surface area contributed by atoms with E-state index in [1.54, 1.807) is 0 Å². The highest BCUT2D eigenvalue weighted by atomic mass is 16.6. The first-order valence-electron chi connectivity index (χ1n) is 4.44. The molecule has 0 atom stereocenters. The molecule has 0 unspecified atom stereocenters. The summed E-state index contributed by atoms with van der Waals surface area (Å²) < 4.78 is 0. The van der Waals surface area contributed by atoms with Crippen LogP contribution in [-0.4, -0.2) is 25.6 Å². The van der Waals surface area contributed by atoms with E-state index in [0.29, 0.717) is 6.61 Å². The van der Waals surface area contributed by atoms with E-state index in [4.69, 9.17) is 4.84 Å². The first-order valence-corrected chi connectivity index (χ1v) is 4.44. The molecule has 1 aliphatic carbocycles. The van der Waals surface area contributed by atoms with Crippen LogP contribution >= 0.6 is 0 Å². The SMILES string of the molecule is CCONCC(=O)NCC1CC1. The highest BCUT2D eigenvalue weighted by molar-refractivity contribution is 5.77. The van der Waals surface area contributed by atoms with E-state index < -0.39 is 0 Å². The number of carbonyl (C=O) groups is 1. The zero-order valence-corrected chi connectivity index (χ0v) is 7.43. The van der Waals surface area contributed by atoms with Crippen LogP contribution in [-0.2, 0) is 9.63 Å². The van der Waals surface area contributed by atoms with Gasteiger partial charge >= 0.3 is 0 Å². The Kier molecular flexibility index (Phi) is 4.04. The Balaban J connectivity index is 1.88. The number of hydrogen-bond acceptors (Lipinski definition) is 3. The normalized spacial score (nSPS) is 16.1. The van der Waals surface area contributed by atoms with Gasteiger partial charge in [-0.3, -0.25) is 4.79 Å². The number of carbonyl (C=O) groups excluding carboxylic acids is 1. The summed E-state index contributed by atoms with van der Waals surface area (Å²) in [5.41, 5.74) is 2.57. The second kappa shape index (κ2) is 5.11. The molecule has 1 fully saturated rings. The third-order valence-electron chi connectivity index (χ3n) is 1.76. The average molecular weight is 172 g/mol. The van der Waals surface area contributed by atoms with Gasteiger partial charge in [-0.15, -0.1) is 0 Å². The third kappa shape index (κ3) is 4.31. The second-order valence-corrected chi connectivity index (χ2v) is 3.00. The molecule has 2 N–H and O–H groups in total. The molecule has 1 rings (SSSR count). The molecule has 4 nitrogen and oxygen atoms in total. The van der Waals surface area contributed by atoms with Gasteiger partial charge in [0.25, 0.3) is 0 Å². The molecule has 0 aliphatic heterocycles. The van der Waals surface area contributed by atoms with E-state index in [-0.39, 0.29) is 12.5 Å². The van der Waals surface area contributed by atoms with Crippen LogP contribution in [0.5, 0.6) is 0 Å². The lowest BCUT2D eigenvalue weighted by atomic mass is 10.4. The fourth-order valence-electron chi connectivity index (χ4n) is 0.861. The molecule has 1 aliphatic rings. The zero-order chi connectivity index (χ0) is 8.81. The molecule has 70 valence electrons. The fourth-order valence-corrected chi connectivity index (χ4v) is 0.861. The Morgan fingerprint density at radius 1 is 1.58 bits per heavy atom. The van der Waals surface area contributed by atoms with Gasteiger partial charge in [-0.2, -0.15) is 5.48 Å². The van der Waals surface area contributed by atoms with Crippen molar-refractivity contribution in [2.75, 3.05) is 19.7 Å². The lowest BCUT2D eigenvalue weighted by Crippen LogP contribution is -2.34. The van der Waals surface area contributed by atoms with Crippen LogP contribution in [0.1, 0.15) is 19.8 Å². The van der Waals surface area contributed by atoms with Crippen LogP contribution in [0.2, 0.25) is 0 Å². The summed E-state index contributed by atoms with van der Waals surface area (Å²) in [6, 6.07) is 0. The molecular formula is C8H16N2O2. The van der Waals surface area contributed by atoms with E-state index >= 15 is 0 Å². The van der Waals surface area contributed by atoms with Crippen LogP contribution in [0.25, 0.3) is 0 Å². The quantitative estimate of drug-likeness (QED) is 0.440. The van der Waals surface area contributed by atoms with Crippen molar-refractivity contribution in [1.82, 2.24) is 10.8 Å². The minimum atomic E-state index is 0.00958. The smallest absolute Gasteiger partial charge is 0.236 e. The number of nitrogens with one attached hydrogen (secondary N) is 2.